The van der Waals surface area contributed by atoms with Crippen LogP contribution in [0.2, 0.25) is 0 Å². The topological polar surface area (TPSA) is 113 Å². The second-order valence-corrected chi connectivity index (χ2v) is 9.13. The monoisotopic (exact) mass is 469 g/mol. The second kappa shape index (κ2) is 8.97. The van der Waals surface area contributed by atoms with Crippen LogP contribution in [0.3, 0.4) is 0 Å². The van der Waals surface area contributed by atoms with Crippen molar-refractivity contribution in [3.63, 3.8) is 0 Å². The number of rotatable bonds is 5. The number of urea groups is 1. The number of carbonyl (C=O) groups excluding carboxylic acids is 1. The predicted molar refractivity (Wildman–Crippen MR) is 126 cm³/mol. The van der Waals surface area contributed by atoms with Gasteiger partial charge in [-0.1, -0.05) is 48.0 Å². The normalized spacial score (nSPS) is 16.1. The number of hydrogen-bond acceptors (Lipinski definition) is 5. The highest BCUT2D eigenvalue weighted by atomic mass is 35.5. The molecule has 3 aromatic rings. The number of anilines is 1. The van der Waals surface area contributed by atoms with Crippen LogP contribution in [-0.4, -0.2) is 37.5 Å². The number of aromatic nitrogens is 2. The molecule has 0 radical (unpaired) electrons. The van der Waals surface area contributed by atoms with Gasteiger partial charge in [0.15, 0.2) is 0 Å². The highest BCUT2D eigenvalue weighted by molar-refractivity contribution is 7.96. The van der Waals surface area contributed by atoms with Crippen molar-refractivity contribution < 1.29 is 13.2 Å². The molecule has 4 rings (SSSR count). The molecule has 2 amide bonds. The van der Waals surface area contributed by atoms with Gasteiger partial charge in [-0.15, -0.1) is 0 Å². The fourth-order valence-corrected chi connectivity index (χ4v) is 5.13. The van der Waals surface area contributed by atoms with Gasteiger partial charge in [0.05, 0.1) is 22.3 Å². The van der Waals surface area contributed by atoms with Gasteiger partial charge < -0.3 is 10.6 Å². The fraction of sp³-hybridized carbons (Fsp3) is 0.136. The molecule has 1 aliphatic carbocycles. The molecule has 164 valence electrons. The summed E-state index contributed by atoms with van der Waals surface area (Å²) in [5.41, 5.74) is 2.63. The molecule has 1 aliphatic rings. The van der Waals surface area contributed by atoms with Gasteiger partial charge in [0, 0.05) is 23.7 Å². The minimum absolute atomic E-state index is 0.0352. The van der Waals surface area contributed by atoms with E-state index in [-0.39, 0.29) is 16.0 Å². The van der Waals surface area contributed by atoms with E-state index in [1.54, 1.807) is 18.2 Å². The predicted octanol–water partition coefficient (Wildman–Crippen LogP) is 3.75. The highest BCUT2D eigenvalue weighted by Crippen LogP contribution is 2.31. The number of hydrogen-bond donors (Lipinski definition) is 3. The summed E-state index contributed by atoms with van der Waals surface area (Å²) in [4.78, 5) is 20.1. The van der Waals surface area contributed by atoms with Crippen LogP contribution in [0.5, 0.6) is 0 Å². The molecule has 0 saturated carbocycles. The number of halogens is 1. The van der Waals surface area contributed by atoms with Crippen molar-refractivity contribution in [1.29, 1.82) is 0 Å². The van der Waals surface area contributed by atoms with Crippen LogP contribution in [0.4, 0.5) is 10.5 Å². The highest BCUT2D eigenvalue weighted by Gasteiger charge is 2.26. The van der Waals surface area contributed by atoms with Gasteiger partial charge in [-0.25, -0.2) is 23.2 Å². The molecule has 0 aliphatic heterocycles. The Labute approximate surface area is 190 Å². The lowest BCUT2D eigenvalue weighted by atomic mass is 10.1. The van der Waals surface area contributed by atoms with Crippen molar-refractivity contribution in [3.8, 4) is 11.3 Å². The minimum Gasteiger partial charge on any atom is -0.341 e. The number of nitrogens with one attached hydrogen (secondary N) is 3. The number of carbonyl (C=O) groups is 1. The summed E-state index contributed by atoms with van der Waals surface area (Å²) in [6.07, 6.45) is 4.78. The average Bonchev–Trinajstić information content (AvgIpc) is 2.78. The number of benzene rings is 2. The molecule has 2 aromatic carbocycles. The molecule has 0 bridgehead atoms. The largest absolute Gasteiger partial charge is 0.341 e. The van der Waals surface area contributed by atoms with Gasteiger partial charge in [-0.05, 0) is 30.7 Å². The number of sulfonamides is 1. The lowest BCUT2D eigenvalue weighted by Crippen LogP contribution is -2.40. The van der Waals surface area contributed by atoms with Crippen molar-refractivity contribution >= 4 is 44.2 Å². The molecule has 10 heteroatoms. The Hall–Kier alpha value is -3.43. The quantitative estimate of drug-likeness (QED) is 0.526. The van der Waals surface area contributed by atoms with Gasteiger partial charge in [-0.2, -0.15) is 0 Å². The lowest BCUT2D eigenvalue weighted by Gasteiger charge is -2.20. The Bertz CT molecular complexity index is 1350. The third-order valence-electron chi connectivity index (χ3n) is 4.90. The molecule has 8 nitrogen and oxygen atoms in total. The first-order valence-corrected chi connectivity index (χ1v) is 11.6. The molecule has 1 aromatic heterocycles. The number of amides is 2. The Morgan fingerprint density at radius 2 is 1.94 bits per heavy atom. The van der Waals surface area contributed by atoms with Gasteiger partial charge >= 0.3 is 6.03 Å². The van der Waals surface area contributed by atoms with Crippen LogP contribution < -0.4 is 15.4 Å². The van der Waals surface area contributed by atoms with Crippen molar-refractivity contribution in [2.75, 3.05) is 11.8 Å². The number of allylic oxidation sites excluding steroid dienone is 1. The number of fused-ring (bicyclic) bond motifs is 1. The summed E-state index contributed by atoms with van der Waals surface area (Å²) in [6.45, 7) is 0. The molecule has 1 atom stereocenters. The van der Waals surface area contributed by atoms with Crippen LogP contribution in [0.1, 0.15) is 6.42 Å². The van der Waals surface area contributed by atoms with E-state index in [9.17, 15) is 13.2 Å². The van der Waals surface area contributed by atoms with Gasteiger partial charge in [-0.3, -0.25) is 4.72 Å². The molecule has 32 heavy (non-hydrogen) atoms. The van der Waals surface area contributed by atoms with E-state index < -0.39 is 16.1 Å². The molecule has 1 unspecified atom stereocenters. The molecular weight excluding hydrogens is 450 g/mol. The Balaban J connectivity index is 1.58. The van der Waals surface area contributed by atoms with Crippen LogP contribution in [0.25, 0.3) is 22.2 Å². The van der Waals surface area contributed by atoms with Crippen LogP contribution >= 0.6 is 11.6 Å². The third-order valence-corrected chi connectivity index (χ3v) is 6.82. The van der Waals surface area contributed by atoms with E-state index in [2.05, 4.69) is 25.3 Å². The summed E-state index contributed by atoms with van der Waals surface area (Å²) in [7, 11) is -2.44. The second-order valence-electron chi connectivity index (χ2n) is 7.07. The zero-order valence-electron chi connectivity index (χ0n) is 17.0. The SMILES string of the molecule is CNC(=O)NC1C=C(Cl)C(S(=O)(=O)Nc2cccc(-c3ncnc4ccccc34)c2)=CC1. The van der Waals surface area contributed by atoms with E-state index in [0.29, 0.717) is 17.8 Å². The molecule has 0 saturated heterocycles. The molecule has 0 fully saturated rings. The van der Waals surface area contributed by atoms with E-state index in [1.165, 1.54) is 25.5 Å². The summed E-state index contributed by atoms with van der Waals surface area (Å²) in [5.74, 6) is 0. The lowest BCUT2D eigenvalue weighted by molar-refractivity contribution is 0.241. The van der Waals surface area contributed by atoms with Gasteiger partial charge in [0.2, 0.25) is 0 Å². The molecule has 3 N–H and O–H groups in total. The van der Waals surface area contributed by atoms with Crippen LogP contribution in [0, 0.1) is 0 Å². The first-order chi connectivity index (χ1) is 15.4. The van der Waals surface area contributed by atoms with Crippen LogP contribution in [0.15, 0.2) is 76.9 Å². The first kappa shape index (κ1) is 21.8. The number of para-hydroxylation sites is 1. The Kier molecular flexibility index (Phi) is 6.11. The Morgan fingerprint density at radius 1 is 1.12 bits per heavy atom. The summed E-state index contributed by atoms with van der Waals surface area (Å²) in [6, 6.07) is 13.8. The third kappa shape index (κ3) is 4.58. The zero-order valence-corrected chi connectivity index (χ0v) is 18.6. The molecular formula is C22H20ClN5O3S. The maximum atomic E-state index is 13.0. The smallest absolute Gasteiger partial charge is 0.315 e. The van der Waals surface area contributed by atoms with E-state index in [0.717, 1.165) is 16.5 Å². The van der Waals surface area contributed by atoms with Gasteiger partial charge in [0.1, 0.15) is 11.2 Å². The average molecular weight is 470 g/mol. The fourth-order valence-electron chi connectivity index (χ4n) is 3.41. The van der Waals surface area contributed by atoms with E-state index >= 15 is 0 Å². The zero-order chi connectivity index (χ0) is 22.7. The van der Waals surface area contributed by atoms with E-state index in [1.807, 2.05) is 30.3 Å². The summed E-state index contributed by atoms with van der Waals surface area (Å²) < 4.78 is 28.5. The first-order valence-electron chi connectivity index (χ1n) is 9.76. The van der Waals surface area contributed by atoms with E-state index in [4.69, 9.17) is 11.6 Å². The summed E-state index contributed by atoms with van der Waals surface area (Å²) >= 11 is 6.23. The standard InChI is InChI=1S/C22H20ClN5O3S/c1-24-22(29)27-15-9-10-20(18(23)12-15)32(30,31)28-16-6-4-5-14(11-16)21-17-7-2-3-8-19(17)25-13-26-21/h2-8,10-13,15,28H,9H2,1H3,(H2,24,27,29). The van der Waals surface area contributed by atoms with Gasteiger partial charge in [0.25, 0.3) is 10.0 Å². The maximum absolute atomic E-state index is 13.0. The maximum Gasteiger partial charge on any atom is 0.315 e. The minimum atomic E-state index is -3.93. The van der Waals surface area contributed by atoms with Crippen molar-refractivity contribution in [1.82, 2.24) is 20.6 Å². The van der Waals surface area contributed by atoms with Crippen LogP contribution in [-0.2, 0) is 10.0 Å². The van der Waals surface area contributed by atoms with Crippen molar-refractivity contribution in [3.05, 3.63) is 76.9 Å². The Morgan fingerprint density at radius 3 is 2.72 bits per heavy atom. The summed E-state index contributed by atoms with van der Waals surface area (Å²) in [5, 5.41) is 6.04. The van der Waals surface area contributed by atoms with Crippen molar-refractivity contribution in [2.45, 2.75) is 12.5 Å². The number of nitrogens with zero attached hydrogens (tertiary/aromatic N) is 2. The van der Waals surface area contributed by atoms with Crippen molar-refractivity contribution in [2.24, 2.45) is 0 Å². The molecule has 0 spiro atoms. The molecule has 1 heterocycles.